The summed E-state index contributed by atoms with van der Waals surface area (Å²) < 4.78 is 0. The predicted molar refractivity (Wildman–Crippen MR) is 135 cm³/mol. The van der Waals surface area contributed by atoms with Crippen LogP contribution in [0.25, 0.3) is 0 Å². The molecule has 2 N–H and O–H groups in total. The third-order valence-electron chi connectivity index (χ3n) is 6.68. The van der Waals surface area contributed by atoms with E-state index in [2.05, 4.69) is 10.6 Å². The topological polar surface area (TPSA) is 98.8 Å². The summed E-state index contributed by atoms with van der Waals surface area (Å²) in [5.41, 5.74) is 1.24. The van der Waals surface area contributed by atoms with Crippen LogP contribution < -0.4 is 15.5 Å². The highest BCUT2D eigenvalue weighted by atomic mass is 16.2. The summed E-state index contributed by atoms with van der Waals surface area (Å²) in [6.45, 7) is 1.33. The third kappa shape index (κ3) is 4.11. The Bertz CT molecular complexity index is 1330. The third-order valence-corrected chi connectivity index (χ3v) is 6.68. The van der Waals surface area contributed by atoms with Crippen molar-refractivity contribution < 1.29 is 19.2 Å². The standard InChI is InChI=1S/C28H26N4O4/c1-19-16-24(33)29-22-14-8-9-15-23(22)32(19)25(34)18-31-26(35)28(30-27(31)36,21-12-6-3-7-13-21)17-20-10-4-2-5-11-20/h2-15,19H,16-18H2,1H3,(H,29,33)(H,30,36)/t19-,28-/m1/s1. The summed E-state index contributed by atoms with van der Waals surface area (Å²) in [7, 11) is 0. The van der Waals surface area contributed by atoms with Gasteiger partial charge in [0.1, 0.15) is 6.54 Å². The minimum atomic E-state index is -1.33. The van der Waals surface area contributed by atoms with Crippen molar-refractivity contribution in [3.05, 3.63) is 96.1 Å². The summed E-state index contributed by atoms with van der Waals surface area (Å²) in [4.78, 5) is 55.5. The van der Waals surface area contributed by atoms with E-state index in [-0.39, 0.29) is 18.7 Å². The Balaban J connectivity index is 1.47. The summed E-state index contributed by atoms with van der Waals surface area (Å²) in [6, 6.07) is 24.5. The highest BCUT2D eigenvalue weighted by Gasteiger charge is 2.53. The molecule has 36 heavy (non-hydrogen) atoms. The van der Waals surface area contributed by atoms with Gasteiger partial charge in [-0.25, -0.2) is 4.79 Å². The van der Waals surface area contributed by atoms with Crippen molar-refractivity contribution in [1.29, 1.82) is 0 Å². The van der Waals surface area contributed by atoms with Crippen LogP contribution in [0.3, 0.4) is 0 Å². The van der Waals surface area contributed by atoms with E-state index in [4.69, 9.17) is 0 Å². The number of urea groups is 1. The molecular formula is C28H26N4O4. The molecule has 0 unspecified atom stereocenters. The van der Waals surface area contributed by atoms with Crippen LogP contribution in [0.1, 0.15) is 24.5 Å². The molecule has 3 aromatic carbocycles. The van der Waals surface area contributed by atoms with Crippen LogP contribution in [0.2, 0.25) is 0 Å². The molecule has 0 saturated carbocycles. The van der Waals surface area contributed by atoms with Gasteiger partial charge < -0.3 is 15.5 Å². The number of fused-ring (bicyclic) bond motifs is 1. The Kier molecular flexibility index (Phi) is 6.01. The number of carbonyl (C=O) groups is 4. The number of amides is 5. The Morgan fingerprint density at radius 1 is 0.917 bits per heavy atom. The molecule has 0 aliphatic carbocycles. The summed E-state index contributed by atoms with van der Waals surface area (Å²) in [5, 5.41) is 5.71. The molecule has 182 valence electrons. The van der Waals surface area contributed by atoms with Crippen LogP contribution in [-0.2, 0) is 26.3 Å². The molecule has 2 atom stereocenters. The lowest BCUT2D eigenvalue weighted by atomic mass is 9.83. The van der Waals surface area contributed by atoms with Crippen LogP contribution in [0.5, 0.6) is 0 Å². The first kappa shape index (κ1) is 23.3. The van der Waals surface area contributed by atoms with Crippen LogP contribution in [0.15, 0.2) is 84.9 Å². The lowest BCUT2D eigenvalue weighted by Crippen LogP contribution is -2.48. The zero-order valence-corrected chi connectivity index (χ0v) is 19.8. The van der Waals surface area contributed by atoms with Crippen molar-refractivity contribution in [3.8, 4) is 0 Å². The highest BCUT2D eigenvalue weighted by molar-refractivity contribution is 6.12. The molecule has 1 saturated heterocycles. The molecule has 5 amide bonds. The van der Waals surface area contributed by atoms with E-state index in [1.165, 1.54) is 4.90 Å². The van der Waals surface area contributed by atoms with Gasteiger partial charge in [-0.1, -0.05) is 72.8 Å². The van der Waals surface area contributed by atoms with E-state index >= 15 is 0 Å². The van der Waals surface area contributed by atoms with Gasteiger partial charge in [0.05, 0.1) is 11.4 Å². The van der Waals surface area contributed by atoms with Gasteiger partial charge in [-0.05, 0) is 30.2 Å². The van der Waals surface area contributed by atoms with Crippen LogP contribution in [-0.4, -0.2) is 41.2 Å². The molecule has 8 nitrogen and oxygen atoms in total. The zero-order valence-electron chi connectivity index (χ0n) is 19.8. The smallest absolute Gasteiger partial charge is 0.324 e. The molecule has 0 bridgehead atoms. The van der Waals surface area contributed by atoms with Crippen molar-refractivity contribution >= 4 is 35.1 Å². The minimum absolute atomic E-state index is 0.0997. The molecule has 2 heterocycles. The second-order valence-electron chi connectivity index (χ2n) is 9.14. The van der Waals surface area contributed by atoms with E-state index < -0.39 is 36.0 Å². The summed E-state index contributed by atoms with van der Waals surface area (Å²) >= 11 is 0. The van der Waals surface area contributed by atoms with Gasteiger partial charge in [0.25, 0.3) is 5.91 Å². The van der Waals surface area contributed by atoms with Gasteiger partial charge >= 0.3 is 6.03 Å². The minimum Gasteiger partial charge on any atom is -0.324 e. The van der Waals surface area contributed by atoms with Gasteiger partial charge in [-0.15, -0.1) is 0 Å². The lowest BCUT2D eigenvalue weighted by Gasteiger charge is -2.30. The molecule has 0 aromatic heterocycles. The Morgan fingerprint density at radius 3 is 2.28 bits per heavy atom. The number of anilines is 2. The average Bonchev–Trinajstić information content (AvgIpc) is 3.02. The van der Waals surface area contributed by atoms with Crippen molar-refractivity contribution in [2.75, 3.05) is 16.8 Å². The molecule has 5 rings (SSSR count). The van der Waals surface area contributed by atoms with Gasteiger partial charge in [0.2, 0.25) is 11.8 Å². The fourth-order valence-corrected chi connectivity index (χ4v) is 4.99. The quantitative estimate of drug-likeness (QED) is 0.545. The number of para-hydroxylation sites is 2. The average molecular weight is 483 g/mol. The Labute approximate surface area is 208 Å². The number of carbonyl (C=O) groups excluding carboxylic acids is 4. The van der Waals surface area contributed by atoms with Crippen LogP contribution in [0.4, 0.5) is 16.2 Å². The van der Waals surface area contributed by atoms with Gasteiger partial charge in [0, 0.05) is 18.9 Å². The normalized spacial score (nSPS) is 21.5. The predicted octanol–water partition coefficient (Wildman–Crippen LogP) is 3.44. The molecule has 2 aliphatic rings. The molecule has 0 spiro atoms. The van der Waals surface area contributed by atoms with Crippen molar-refractivity contribution in [1.82, 2.24) is 10.2 Å². The Morgan fingerprint density at radius 2 is 1.56 bits per heavy atom. The van der Waals surface area contributed by atoms with Crippen LogP contribution >= 0.6 is 0 Å². The number of hydrogen-bond donors (Lipinski definition) is 2. The molecule has 2 aliphatic heterocycles. The second-order valence-corrected chi connectivity index (χ2v) is 9.14. The maximum Gasteiger partial charge on any atom is 0.325 e. The first-order valence-corrected chi connectivity index (χ1v) is 11.8. The van der Waals surface area contributed by atoms with Gasteiger partial charge in [0.15, 0.2) is 5.54 Å². The number of imide groups is 1. The molecule has 8 heteroatoms. The second kappa shape index (κ2) is 9.30. The SMILES string of the molecule is C[C@@H]1CC(=O)Nc2ccccc2N1C(=O)CN1C(=O)N[C@](Cc2ccccc2)(c2ccccc2)C1=O. The largest absolute Gasteiger partial charge is 0.325 e. The molecular weight excluding hydrogens is 456 g/mol. The maximum absolute atomic E-state index is 13.9. The van der Waals surface area contributed by atoms with E-state index in [1.807, 2.05) is 48.5 Å². The molecule has 3 aromatic rings. The molecule has 1 fully saturated rings. The maximum atomic E-state index is 13.9. The van der Waals surface area contributed by atoms with E-state index in [0.29, 0.717) is 16.9 Å². The Hall–Kier alpha value is -4.46. The summed E-state index contributed by atoms with van der Waals surface area (Å²) in [6.07, 6.45) is 0.344. The van der Waals surface area contributed by atoms with Crippen molar-refractivity contribution in [3.63, 3.8) is 0 Å². The fraction of sp³-hybridized carbons (Fsp3) is 0.214. The number of nitrogens with zero attached hydrogens (tertiary/aromatic N) is 2. The van der Waals surface area contributed by atoms with Crippen molar-refractivity contribution in [2.45, 2.75) is 31.3 Å². The number of nitrogens with one attached hydrogen (secondary N) is 2. The van der Waals surface area contributed by atoms with E-state index in [9.17, 15) is 19.2 Å². The fourth-order valence-electron chi connectivity index (χ4n) is 4.99. The first-order valence-electron chi connectivity index (χ1n) is 11.8. The first-order chi connectivity index (χ1) is 17.4. The summed E-state index contributed by atoms with van der Waals surface area (Å²) in [5.74, 6) is -1.13. The van der Waals surface area contributed by atoms with Gasteiger partial charge in [-0.2, -0.15) is 0 Å². The monoisotopic (exact) mass is 482 g/mol. The number of hydrogen-bond acceptors (Lipinski definition) is 4. The number of rotatable bonds is 5. The highest BCUT2D eigenvalue weighted by Crippen LogP contribution is 2.35. The van der Waals surface area contributed by atoms with Gasteiger partial charge in [-0.3, -0.25) is 19.3 Å². The van der Waals surface area contributed by atoms with Crippen molar-refractivity contribution in [2.24, 2.45) is 0 Å². The van der Waals surface area contributed by atoms with Crippen LogP contribution in [0, 0.1) is 0 Å². The molecule has 0 radical (unpaired) electrons. The van der Waals surface area contributed by atoms with E-state index in [0.717, 1.165) is 10.5 Å². The zero-order chi connectivity index (χ0) is 25.3. The van der Waals surface area contributed by atoms with E-state index in [1.54, 1.807) is 43.3 Å². The number of benzene rings is 3. The lowest BCUT2D eigenvalue weighted by molar-refractivity contribution is -0.134.